The molecule has 0 bridgehead atoms. The third kappa shape index (κ3) is 11.7. The summed E-state index contributed by atoms with van der Waals surface area (Å²) in [5.74, 6) is -4.18. The third-order valence-electron chi connectivity index (χ3n) is 4.96. The van der Waals surface area contributed by atoms with Crippen molar-refractivity contribution < 1.29 is 33.9 Å². The highest BCUT2D eigenvalue weighted by Gasteiger charge is 2.34. The maximum Gasteiger partial charge on any atom is 0.405 e. The van der Waals surface area contributed by atoms with E-state index in [0.29, 0.717) is 6.42 Å². The molecule has 0 heterocycles. The molecule has 0 saturated carbocycles. The van der Waals surface area contributed by atoms with E-state index in [2.05, 4.69) is 21.3 Å². The van der Waals surface area contributed by atoms with Gasteiger partial charge in [0.05, 0.1) is 6.04 Å². The maximum absolute atomic E-state index is 12.8. The van der Waals surface area contributed by atoms with Crippen LogP contribution < -0.4 is 32.7 Å². The van der Waals surface area contributed by atoms with Crippen molar-refractivity contribution in [2.24, 2.45) is 23.3 Å². The Kier molecular flexibility index (Phi) is 13.1. The van der Waals surface area contributed by atoms with Gasteiger partial charge in [-0.05, 0) is 31.1 Å². The summed E-state index contributed by atoms with van der Waals surface area (Å²) >= 11 is 0. The summed E-state index contributed by atoms with van der Waals surface area (Å²) in [6.45, 7) is 7.16. The summed E-state index contributed by atoms with van der Waals surface area (Å²) in [6.07, 6.45) is -0.463. The molecule has 4 atom stereocenters. The predicted molar refractivity (Wildman–Crippen MR) is 119 cm³/mol. The number of ketones is 1. The number of amides is 6. The molecule has 0 rings (SSSR count). The molecule has 0 aliphatic carbocycles. The maximum atomic E-state index is 12.8. The lowest BCUT2D eigenvalue weighted by molar-refractivity contribution is -0.142. The number of carboxylic acid groups (broad SMARTS) is 1. The van der Waals surface area contributed by atoms with Gasteiger partial charge in [0.1, 0.15) is 12.1 Å². The number of rotatable bonds is 15. The zero-order chi connectivity index (χ0) is 25.7. The van der Waals surface area contributed by atoms with Crippen molar-refractivity contribution in [2.75, 3.05) is 6.54 Å². The van der Waals surface area contributed by atoms with E-state index in [9.17, 15) is 28.8 Å². The fourth-order valence-corrected chi connectivity index (χ4v) is 2.98. The van der Waals surface area contributed by atoms with Gasteiger partial charge < -0.3 is 37.8 Å². The van der Waals surface area contributed by atoms with Crippen LogP contribution in [0.3, 0.4) is 0 Å². The minimum atomic E-state index is -1.39. The molecule has 0 aliphatic heterocycles. The van der Waals surface area contributed by atoms with Crippen LogP contribution in [-0.4, -0.2) is 65.4 Å². The molecule has 0 saturated heterocycles. The lowest BCUT2D eigenvalue weighted by Crippen LogP contribution is -2.57. The molecule has 33 heavy (non-hydrogen) atoms. The molecular weight excluding hydrogens is 436 g/mol. The van der Waals surface area contributed by atoms with Gasteiger partial charge in [0.25, 0.3) is 5.91 Å². The molecule has 0 aromatic rings. The zero-order valence-electron chi connectivity index (χ0n) is 19.5. The Morgan fingerprint density at radius 1 is 0.909 bits per heavy atom. The first-order valence-corrected chi connectivity index (χ1v) is 10.8. The molecular formula is C20H36N6O7. The van der Waals surface area contributed by atoms with Crippen LogP contribution in [-0.2, 0) is 19.2 Å². The van der Waals surface area contributed by atoms with Crippen molar-refractivity contribution in [3.05, 3.63) is 0 Å². The first-order valence-electron chi connectivity index (χ1n) is 10.8. The van der Waals surface area contributed by atoms with Gasteiger partial charge in [-0.15, -0.1) is 0 Å². The average Bonchev–Trinajstić information content (AvgIpc) is 2.71. The number of nitrogens with two attached hydrogens (primary N) is 2. The molecule has 0 spiro atoms. The van der Waals surface area contributed by atoms with E-state index in [1.807, 2.05) is 0 Å². The van der Waals surface area contributed by atoms with Crippen molar-refractivity contribution in [3.8, 4) is 0 Å². The van der Waals surface area contributed by atoms with Crippen molar-refractivity contribution in [3.63, 3.8) is 0 Å². The Hall–Kier alpha value is -3.38. The van der Waals surface area contributed by atoms with Crippen LogP contribution in [0.25, 0.3) is 0 Å². The second kappa shape index (κ2) is 14.6. The molecule has 13 heteroatoms. The monoisotopic (exact) mass is 472 g/mol. The highest BCUT2D eigenvalue weighted by atomic mass is 16.4. The van der Waals surface area contributed by atoms with Crippen LogP contribution in [0, 0.1) is 11.8 Å². The number of carbonyl (C=O) groups excluding carboxylic acids is 5. The van der Waals surface area contributed by atoms with Gasteiger partial charge in [-0.3, -0.25) is 19.2 Å². The Morgan fingerprint density at radius 2 is 1.52 bits per heavy atom. The molecule has 0 radical (unpaired) electrons. The van der Waals surface area contributed by atoms with E-state index in [4.69, 9.17) is 16.6 Å². The number of hydrogen-bond acceptors (Lipinski definition) is 6. The molecule has 188 valence electrons. The van der Waals surface area contributed by atoms with Gasteiger partial charge in [0, 0.05) is 6.54 Å². The quantitative estimate of drug-likeness (QED) is 0.118. The van der Waals surface area contributed by atoms with Gasteiger partial charge in [0.2, 0.25) is 17.6 Å². The number of primary amides is 2. The molecule has 6 amide bonds. The van der Waals surface area contributed by atoms with Crippen molar-refractivity contribution in [1.82, 2.24) is 21.3 Å². The lowest BCUT2D eigenvalue weighted by atomic mass is 9.93. The lowest BCUT2D eigenvalue weighted by Gasteiger charge is -2.26. The van der Waals surface area contributed by atoms with Crippen LogP contribution in [0.4, 0.5) is 9.59 Å². The summed E-state index contributed by atoms with van der Waals surface area (Å²) in [5.41, 5.74) is 10.2. The van der Waals surface area contributed by atoms with Gasteiger partial charge in [0.15, 0.2) is 0 Å². The number of Topliss-reactive ketones (excluding diaryl/α,β-unsaturated/α-hetero) is 1. The topological polar surface area (TPSA) is 223 Å². The molecule has 0 fully saturated rings. The highest BCUT2D eigenvalue weighted by Crippen LogP contribution is 2.12. The normalized spacial score (nSPS) is 14.3. The number of hydrogen-bond donors (Lipinski definition) is 7. The third-order valence-corrected chi connectivity index (χ3v) is 4.96. The number of urea groups is 1. The number of nitrogens with one attached hydrogen (secondary N) is 4. The van der Waals surface area contributed by atoms with Gasteiger partial charge in [-0.2, -0.15) is 0 Å². The van der Waals surface area contributed by atoms with E-state index in [-0.39, 0.29) is 31.7 Å². The Morgan fingerprint density at radius 3 is 1.97 bits per heavy atom. The second-order valence-corrected chi connectivity index (χ2v) is 8.23. The standard InChI is InChI=1S/C20H36N6O7/c1-5-11(4)14(26-17(29)13(9-10(2)3)25-20(32)33)15(27)18(30)24-12(16(21)28)7-6-8-23-19(22)31/h10-14,25H,5-9H2,1-4H3,(H2,21,28)(H,24,30)(H,26,29)(H,32,33)(H3,22,23,31)/t11-,12?,13-,14?/m0/s1. The molecule has 2 unspecified atom stereocenters. The number of carbonyl (C=O) groups is 6. The van der Waals surface area contributed by atoms with E-state index in [0.717, 1.165) is 0 Å². The first kappa shape index (κ1) is 29.6. The second-order valence-electron chi connectivity index (χ2n) is 8.23. The fourth-order valence-electron chi connectivity index (χ4n) is 2.98. The van der Waals surface area contributed by atoms with Gasteiger partial charge >= 0.3 is 12.1 Å². The minimum absolute atomic E-state index is 0.0194. The Labute approximate surface area is 192 Å². The van der Waals surface area contributed by atoms with Crippen LogP contribution >= 0.6 is 0 Å². The summed E-state index contributed by atoms with van der Waals surface area (Å²) in [7, 11) is 0. The first-order chi connectivity index (χ1) is 15.3. The van der Waals surface area contributed by atoms with E-state index in [1.54, 1.807) is 27.7 Å². The molecule has 0 aliphatic rings. The summed E-state index contributed by atoms with van der Waals surface area (Å²) in [4.78, 5) is 71.5. The smallest absolute Gasteiger partial charge is 0.405 e. The minimum Gasteiger partial charge on any atom is -0.465 e. The Balaban J connectivity index is 5.36. The molecule has 0 aromatic heterocycles. The van der Waals surface area contributed by atoms with Crippen LogP contribution in [0.5, 0.6) is 0 Å². The summed E-state index contributed by atoms with van der Waals surface area (Å²) in [5, 5.41) is 18.2. The van der Waals surface area contributed by atoms with E-state index in [1.165, 1.54) is 0 Å². The van der Waals surface area contributed by atoms with E-state index >= 15 is 0 Å². The van der Waals surface area contributed by atoms with Crippen LogP contribution in [0.2, 0.25) is 0 Å². The molecule has 13 nitrogen and oxygen atoms in total. The van der Waals surface area contributed by atoms with Crippen molar-refractivity contribution >= 4 is 35.6 Å². The van der Waals surface area contributed by atoms with E-state index < -0.39 is 59.7 Å². The largest absolute Gasteiger partial charge is 0.465 e. The SMILES string of the molecule is CC[C@H](C)C(NC(=O)[C@H](CC(C)C)NC(=O)O)C(=O)C(=O)NC(CCCNC(N)=O)C(N)=O. The Bertz CT molecular complexity index is 728. The molecule has 9 N–H and O–H groups in total. The fraction of sp³-hybridized carbons (Fsp3) is 0.700. The van der Waals surface area contributed by atoms with Crippen molar-refractivity contribution in [1.29, 1.82) is 0 Å². The van der Waals surface area contributed by atoms with Crippen LogP contribution in [0.15, 0.2) is 0 Å². The van der Waals surface area contributed by atoms with Gasteiger partial charge in [-0.25, -0.2) is 9.59 Å². The predicted octanol–water partition coefficient (Wildman–Crippen LogP) is -0.813. The van der Waals surface area contributed by atoms with Crippen LogP contribution in [0.1, 0.15) is 53.4 Å². The zero-order valence-corrected chi connectivity index (χ0v) is 19.5. The average molecular weight is 473 g/mol. The summed E-state index contributed by atoms with van der Waals surface area (Å²) in [6, 6.07) is -4.27. The highest BCUT2D eigenvalue weighted by molar-refractivity contribution is 6.38. The van der Waals surface area contributed by atoms with Gasteiger partial charge in [-0.1, -0.05) is 34.1 Å². The molecule has 0 aromatic carbocycles. The summed E-state index contributed by atoms with van der Waals surface area (Å²) < 4.78 is 0. The van der Waals surface area contributed by atoms with Crippen molar-refractivity contribution in [2.45, 2.75) is 71.5 Å².